The van der Waals surface area contributed by atoms with Crippen LogP contribution in [-0.2, 0) is 25.5 Å². The van der Waals surface area contributed by atoms with Crippen LogP contribution in [0.25, 0.3) is 0 Å². The molecule has 26 heavy (non-hydrogen) atoms. The van der Waals surface area contributed by atoms with Crippen molar-refractivity contribution in [3.8, 4) is 6.07 Å². The standard InChI is InChI=1S/C18H22FN3O4/c1-12(23)21-16(11-13-7-3-4-8-14(13)19)17(24)22-15(18(25)26-2)9-5-6-10-20/h3-4,7-8,15-16H,5-6,9,11H2,1-2H3,(H,21,23)(H,22,24)/t15-,16+/m0/s1. The second-order valence-electron chi connectivity index (χ2n) is 5.68. The van der Waals surface area contributed by atoms with Gasteiger partial charge in [-0.1, -0.05) is 18.2 Å². The monoisotopic (exact) mass is 363 g/mol. The molecule has 1 rings (SSSR count). The highest BCUT2D eigenvalue weighted by Gasteiger charge is 2.27. The van der Waals surface area contributed by atoms with Gasteiger partial charge in [-0.15, -0.1) is 0 Å². The van der Waals surface area contributed by atoms with E-state index in [2.05, 4.69) is 15.4 Å². The number of methoxy groups -OCH3 is 1. The largest absolute Gasteiger partial charge is 0.467 e. The van der Waals surface area contributed by atoms with Crippen LogP contribution in [-0.4, -0.2) is 37.0 Å². The fraction of sp³-hybridized carbons (Fsp3) is 0.444. The molecule has 7 nitrogen and oxygen atoms in total. The number of hydrogen-bond donors (Lipinski definition) is 2. The highest BCUT2D eigenvalue weighted by Crippen LogP contribution is 2.10. The quantitative estimate of drug-likeness (QED) is 0.507. The number of ether oxygens (including phenoxy) is 1. The molecule has 0 aliphatic carbocycles. The second kappa shape index (κ2) is 10.8. The Labute approximate surface area is 151 Å². The third-order valence-electron chi connectivity index (χ3n) is 3.66. The molecule has 0 saturated heterocycles. The van der Waals surface area contributed by atoms with Gasteiger partial charge in [0.15, 0.2) is 0 Å². The lowest BCUT2D eigenvalue weighted by Crippen LogP contribution is -2.52. The SMILES string of the molecule is COC(=O)[C@H](CCCC#N)NC(=O)[C@@H](Cc1ccccc1F)NC(C)=O. The van der Waals surface area contributed by atoms with Crippen LogP contribution in [0.2, 0.25) is 0 Å². The van der Waals surface area contributed by atoms with Gasteiger partial charge in [-0.3, -0.25) is 9.59 Å². The molecular formula is C18H22FN3O4. The molecule has 2 N–H and O–H groups in total. The van der Waals surface area contributed by atoms with E-state index in [4.69, 9.17) is 5.26 Å². The number of halogens is 1. The summed E-state index contributed by atoms with van der Waals surface area (Å²) < 4.78 is 18.5. The summed E-state index contributed by atoms with van der Waals surface area (Å²) in [4.78, 5) is 35.8. The van der Waals surface area contributed by atoms with E-state index in [1.54, 1.807) is 6.07 Å². The molecule has 2 amide bonds. The maximum Gasteiger partial charge on any atom is 0.328 e. The van der Waals surface area contributed by atoms with Crippen molar-refractivity contribution in [2.75, 3.05) is 7.11 Å². The van der Waals surface area contributed by atoms with E-state index >= 15 is 0 Å². The van der Waals surface area contributed by atoms with Crippen molar-refractivity contribution >= 4 is 17.8 Å². The molecular weight excluding hydrogens is 341 g/mol. The first kappa shape index (κ1) is 21.1. The number of carbonyl (C=O) groups is 3. The van der Waals surface area contributed by atoms with Crippen LogP contribution >= 0.6 is 0 Å². The molecule has 0 unspecified atom stereocenters. The number of nitrogens with one attached hydrogen (secondary N) is 2. The summed E-state index contributed by atoms with van der Waals surface area (Å²) in [6, 6.07) is 5.89. The fourth-order valence-electron chi connectivity index (χ4n) is 2.39. The van der Waals surface area contributed by atoms with Gasteiger partial charge in [0.05, 0.1) is 13.2 Å². The van der Waals surface area contributed by atoms with E-state index in [-0.39, 0.29) is 24.8 Å². The lowest BCUT2D eigenvalue weighted by Gasteiger charge is -2.22. The Morgan fingerprint density at radius 1 is 1.23 bits per heavy atom. The third-order valence-corrected chi connectivity index (χ3v) is 3.66. The first-order chi connectivity index (χ1) is 12.4. The van der Waals surface area contributed by atoms with E-state index in [0.29, 0.717) is 6.42 Å². The van der Waals surface area contributed by atoms with E-state index in [0.717, 1.165) is 0 Å². The lowest BCUT2D eigenvalue weighted by molar-refractivity contribution is -0.145. The maximum atomic E-state index is 13.9. The molecule has 0 saturated carbocycles. The Kier molecular flexibility index (Phi) is 8.78. The number of amides is 2. The summed E-state index contributed by atoms with van der Waals surface area (Å²) in [5, 5.41) is 13.6. The minimum absolute atomic E-state index is 0.0653. The molecule has 0 fully saturated rings. The number of rotatable bonds is 9. The van der Waals surface area contributed by atoms with Crippen LogP contribution in [0.5, 0.6) is 0 Å². The van der Waals surface area contributed by atoms with Gasteiger partial charge in [-0.2, -0.15) is 5.26 Å². The van der Waals surface area contributed by atoms with Gasteiger partial charge < -0.3 is 15.4 Å². The average Bonchev–Trinajstić information content (AvgIpc) is 2.61. The summed E-state index contributed by atoms with van der Waals surface area (Å²) in [5.41, 5.74) is 0.264. The van der Waals surface area contributed by atoms with Crippen LogP contribution < -0.4 is 10.6 Å². The number of nitrogens with zero attached hydrogens (tertiary/aromatic N) is 1. The topological polar surface area (TPSA) is 108 Å². The fourth-order valence-corrected chi connectivity index (χ4v) is 2.39. The molecule has 0 heterocycles. The molecule has 0 spiro atoms. The van der Waals surface area contributed by atoms with Crippen molar-refractivity contribution in [1.29, 1.82) is 5.26 Å². The Morgan fingerprint density at radius 2 is 1.92 bits per heavy atom. The van der Waals surface area contributed by atoms with Crippen molar-refractivity contribution in [2.24, 2.45) is 0 Å². The molecule has 0 radical (unpaired) electrons. The van der Waals surface area contributed by atoms with Crippen LogP contribution in [0, 0.1) is 17.1 Å². The van der Waals surface area contributed by atoms with E-state index < -0.39 is 35.7 Å². The Balaban J connectivity index is 2.88. The first-order valence-corrected chi connectivity index (χ1v) is 8.14. The van der Waals surface area contributed by atoms with Crippen LogP contribution in [0.4, 0.5) is 4.39 Å². The summed E-state index contributed by atoms with van der Waals surface area (Å²) >= 11 is 0. The van der Waals surface area contributed by atoms with Crippen LogP contribution in [0.3, 0.4) is 0 Å². The van der Waals surface area contributed by atoms with E-state index in [9.17, 15) is 18.8 Å². The first-order valence-electron chi connectivity index (χ1n) is 8.14. The zero-order valence-corrected chi connectivity index (χ0v) is 14.8. The normalized spacial score (nSPS) is 12.4. The molecule has 0 aliphatic heterocycles. The Morgan fingerprint density at radius 3 is 2.50 bits per heavy atom. The van der Waals surface area contributed by atoms with Gasteiger partial charge in [-0.25, -0.2) is 9.18 Å². The number of unbranched alkanes of at least 4 members (excludes halogenated alkanes) is 1. The zero-order chi connectivity index (χ0) is 19.5. The van der Waals surface area contributed by atoms with Crippen LogP contribution in [0.15, 0.2) is 24.3 Å². The maximum absolute atomic E-state index is 13.9. The molecule has 2 atom stereocenters. The number of esters is 1. The average molecular weight is 363 g/mol. The summed E-state index contributed by atoms with van der Waals surface area (Å²) in [7, 11) is 1.19. The van der Waals surface area contributed by atoms with Crippen molar-refractivity contribution < 1.29 is 23.5 Å². The summed E-state index contributed by atoms with van der Waals surface area (Å²) in [6.45, 7) is 1.24. The molecule has 0 aliphatic rings. The highest BCUT2D eigenvalue weighted by molar-refractivity contribution is 5.90. The van der Waals surface area contributed by atoms with Crippen molar-refractivity contribution in [2.45, 2.75) is 44.7 Å². The minimum atomic E-state index is -1.05. The van der Waals surface area contributed by atoms with Crippen molar-refractivity contribution in [3.05, 3.63) is 35.6 Å². The van der Waals surface area contributed by atoms with Gasteiger partial charge in [0.1, 0.15) is 17.9 Å². The molecule has 1 aromatic rings. The highest BCUT2D eigenvalue weighted by atomic mass is 19.1. The second-order valence-corrected chi connectivity index (χ2v) is 5.68. The minimum Gasteiger partial charge on any atom is -0.467 e. The number of benzene rings is 1. The number of nitriles is 1. The molecule has 1 aromatic carbocycles. The molecule has 0 bridgehead atoms. The number of carbonyl (C=O) groups excluding carboxylic acids is 3. The zero-order valence-electron chi connectivity index (χ0n) is 14.8. The van der Waals surface area contributed by atoms with Gasteiger partial charge in [0.25, 0.3) is 0 Å². The molecule has 8 heteroatoms. The summed E-state index contributed by atoms with van der Waals surface area (Å²) in [6.07, 6.45) is 0.783. The third kappa shape index (κ3) is 6.89. The van der Waals surface area contributed by atoms with Crippen molar-refractivity contribution in [1.82, 2.24) is 10.6 Å². The smallest absolute Gasteiger partial charge is 0.328 e. The van der Waals surface area contributed by atoms with Crippen LogP contribution in [0.1, 0.15) is 31.7 Å². The van der Waals surface area contributed by atoms with Crippen molar-refractivity contribution in [3.63, 3.8) is 0 Å². The van der Waals surface area contributed by atoms with E-state index in [1.807, 2.05) is 6.07 Å². The van der Waals surface area contributed by atoms with E-state index in [1.165, 1.54) is 32.2 Å². The lowest BCUT2D eigenvalue weighted by atomic mass is 10.0. The Hall–Kier alpha value is -2.95. The predicted molar refractivity (Wildman–Crippen MR) is 91.1 cm³/mol. The predicted octanol–water partition coefficient (Wildman–Crippen LogP) is 1.22. The van der Waals surface area contributed by atoms with Gasteiger partial charge in [0, 0.05) is 19.8 Å². The summed E-state index contributed by atoms with van der Waals surface area (Å²) in [5.74, 6) is -2.23. The van der Waals surface area contributed by atoms with Gasteiger partial charge in [-0.05, 0) is 24.5 Å². The molecule has 0 aromatic heterocycles. The number of hydrogen-bond acceptors (Lipinski definition) is 5. The van der Waals surface area contributed by atoms with Gasteiger partial charge in [0.2, 0.25) is 11.8 Å². The Bertz CT molecular complexity index is 687. The van der Waals surface area contributed by atoms with Gasteiger partial charge >= 0.3 is 5.97 Å². The molecule has 140 valence electrons.